The van der Waals surface area contributed by atoms with Gasteiger partial charge in [0.2, 0.25) is 5.82 Å². The highest BCUT2D eigenvalue weighted by Gasteiger charge is 2.10. The minimum Gasteiger partial charge on any atom is -0.291 e. The summed E-state index contributed by atoms with van der Waals surface area (Å²) in [6.07, 6.45) is 0.821. The highest BCUT2D eigenvalue weighted by atomic mass is 19.3. The molecule has 60 valence electrons. The molecule has 1 rings (SSSR count). The first-order valence-corrected chi connectivity index (χ1v) is 2.81. The van der Waals surface area contributed by atoms with Crippen molar-refractivity contribution < 1.29 is 13.6 Å². The van der Waals surface area contributed by atoms with E-state index in [0.717, 1.165) is 6.33 Å². The topological polar surface area (TPSA) is 47.8 Å². The summed E-state index contributed by atoms with van der Waals surface area (Å²) < 4.78 is 23.9. The molecular weight excluding hydrogens is 156 g/mol. The van der Waals surface area contributed by atoms with Crippen LogP contribution in [-0.2, 0) is 0 Å². The molecule has 1 heterocycles. The Labute approximate surface area is 60.8 Å². The van der Waals surface area contributed by atoms with Gasteiger partial charge >= 0.3 is 6.55 Å². The quantitative estimate of drug-likeness (QED) is 0.605. The molecule has 4 nitrogen and oxygen atoms in total. The molecule has 0 bridgehead atoms. The van der Waals surface area contributed by atoms with Crippen molar-refractivity contribution in [2.24, 2.45) is 0 Å². The van der Waals surface area contributed by atoms with E-state index in [4.69, 9.17) is 0 Å². The number of alkyl halides is 2. The largest absolute Gasteiger partial charge is 0.334 e. The smallest absolute Gasteiger partial charge is 0.291 e. The number of aromatic nitrogens is 3. The maximum Gasteiger partial charge on any atom is 0.334 e. The number of halogens is 2. The Kier molecular flexibility index (Phi) is 1.93. The van der Waals surface area contributed by atoms with E-state index in [1.54, 1.807) is 0 Å². The zero-order valence-electron chi connectivity index (χ0n) is 5.66. The Morgan fingerprint density at radius 1 is 1.73 bits per heavy atom. The molecule has 0 aliphatic carbocycles. The van der Waals surface area contributed by atoms with E-state index in [0.29, 0.717) is 4.68 Å². The maximum absolute atomic E-state index is 11.8. The van der Waals surface area contributed by atoms with Crippen LogP contribution >= 0.6 is 0 Å². The third kappa shape index (κ3) is 1.57. The number of carbonyl (C=O) groups is 1. The lowest BCUT2D eigenvalue weighted by Crippen LogP contribution is -2.01. The Bertz CT molecular complexity index is 270. The van der Waals surface area contributed by atoms with Crippen molar-refractivity contribution in [3.63, 3.8) is 0 Å². The van der Waals surface area contributed by atoms with Crippen LogP contribution in [0.2, 0.25) is 0 Å². The van der Waals surface area contributed by atoms with Crippen molar-refractivity contribution >= 4 is 5.78 Å². The van der Waals surface area contributed by atoms with E-state index >= 15 is 0 Å². The summed E-state index contributed by atoms with van der Waals surface area (Å²) in [5.41, 5.74) is 0. The van der Waals surface area contributed by atoms with Gasteiger partial charge < -0.3 is 0 Å². The average molecular weight is 161 g/mol. The molecule has 0 saturated carbocycles. The van der Waals surface area contributed by atoms with Gasteiger partial charge in [0.1, 0.15) is 6.33 Å². The zero-order valence-corrected chi connectivity index (χ0v) is 5.66. The lowest BCUT2D eigenvalue weighted by atomic mass is 10.4. The normalized spacial score (nSPS) is 10.5. The van der Waals surface area contributed by atoms with Crippen molar-refractivity contribution in [3.8, 4) is 0 Å². The van der Waals surface area contributed by atoms with Gasteiger partial charge in [-0.1, -0.05) is 0 Å². The first-order valence-electron chi connectivity index (χ1n) is 2.81. The summed E-state index contributed by atoms with van der Waals surface area (Å²) in [6, 6.07) is 0. The SMILES string of the molecule is CC(=O)c1ncn(C(F)F)n1. The molecule has 0 aliphatic rings. The molecule has 0 amide bonds. The van der Waals surface area contributed by atoms with E-state index < -0.39 is 12.3 Å². The van der Waals surface area contributed by atoms with Gasteiger partial charge in [-0.3, -0.25) is 4.79 Å². The van der Waals surface area contributed by atoms with Crippen LogP contribution in [0.25, 0.3) is 0 Å². The molecule has 6 heteroatoms. The van der Waals surface area contributed by atoms with Crippen molar-refractivity contribution in [3.05, 3.63) is 12.2 Å². The van der Waals surface area contributed by atoms with Gasteiger partial charge in [0.15, 0.2) is 5.78 Å². The minimum atomic E-state index is -2.74. The molecule has 0 N–H and O–H groups in total. The Morgan fingerprint density at radius 3 is 2.64 bits per heavy atom. The second-order valence-corrected chi connectivity index (χ2v) is 1.88. The number of carbonyl (C=O) groups excluding carboxylic acids is 1. The number of rotatable bonds is 2. The van der Waals surface area contributed by atoms with Gasteiger partial charge in [-0.05, 0) is 0 Å². The Hall–Kier alpha value is -1.33. The highest BCUT2D eigenvalue weighted by molar-refractivity contribution is 5.89. The zero-order chi connectivity index (χ0) is 8.43. The van der Waals surface area contributed by atoms with Gasteiger partial charge in [-0.25, -0.2) is 4.98 Å². The molecular formula is C5H5F2N3O. The van der Waals surface area contributed by atoms with Crippen molar-refractivity contribution in [1.29, 1.82) is 0 Å². The first kappa shape index (κ1) is 7.77. The fraction of sp³-hybridized carbons (Fsp3) is 0.400. The molecule has 0 aromatic carbocycles. The van der Waals surface area contributed by atoms with Gasteiger partial charge in [-0.15, -0.1) is 5.10 Å². The van der Waals surface area contributed by atoms with E-state index in [1.165, 1.54) is 6.92 Å². The van der Waals surface area contributed by atoms with Crippen LogP contribution in [0.5, 0.6) is 0 Å². The van der Waals surface area contributed by atoms with Gasteiger partial charge in [-0.2, -0.15) is 13.5 Å². The summed E-state index contributed by atoms with van der Waals surface area (Å²) in [6.45, 7) is -1.53. The average Bonchev–Trinajstić information content (AvgIpc) is 2.33. The monoisotopic (exact) mass is 161 g/mol. The number of ketones is 1. The molecule has 0 saturated heterocycles. The Balaban J connectivity index is 2.90. The van der Waals surface area contributed by atoms with Crippen molar-refractivity contribution in [1.82, 2.24) is 14.8 Å². The van der Waals surface area contributed by atoms with Crippen molar-refractivity contribution in [2.45, 2.75) is 13.5 Å². The van der Waals surface area contributed by atoms with E-state index in [-0.39, 0.29) is 5.82 Å². The van der Waals surface area contributed by atoms with E-state index in [9.17, 15) is 13.6 Å². The highest BCUT2D eigenvalue weighted by Crippen LogP contribution is 2.06. The first-order chi connectivity index (χ1) is 5.11. The van der Waals surface area contributed by atoms with Crippen LogP contribution in [0, 0.1) is 0 Å². The summed E-state index contributed by atoms with van der Waals surface area (Å²) in [7, 11) is 0. The van der Waals surface area contributed by atoms with Crippen molar-refractivity contribution in [2.75, 3.05) is 0 Å². The standard InChI is InChI=1S/C5H5F2N3O/c1-3(11)4-8-2-10(9-4)5(6)7/h2,5H,1H3. The fourth-order valence-corrected chi connectivity index (χ4v) is 0.530. The second kappa shape index (κ2) is 2.73. The van der Waals surface area contributed by atoms with Crippen LogP contribution in [0.15, 0.2) is 6.33 Å². The molecule has 0 spiro atoms. The second-order valence-electron chi connectivity index (χ2n) is 1.88. The third-order valence-electron chi connectivity index (χ3n) is 1.02. The molecule has 0 fully saturated rings. The van der Waals surface area contributed by atoms with Crippen LogP contribution in [0.1, 0.15) is 24.1 Å². The number of nitrogens with zero attached hydrogens (tertiary/aromatic N) is 3. The van der Waals surface area contributed by atoms with Crippen LogP contribution in [0.4, 0.5) is 8.78 Å². The van der Waals surface area contributed by atoms with E-state index in [2.05, 4.69) is 10.1 Å². The predicted molar refractivity (Wildman–Crippen MR) is 31.3 cm³/mol. The molecule has 11 heavy (non-hydrogen) atoms. The molecule has 0 aliphatic heterocycles. The molecule has 0 unspecified atom stereocenters. The summed E-state index contributed by atoms with van der Waals surface area (Å²) >= 11 is 0. The summed E-state index contributed by atoms with van der Waals surface area (Å²) in [4.78, 5) is 13.9. The molecule has 1 aromatic rings. The Morgan fingerprint density at radius 2 is 2.36 bits per heavy atom. The van der Waals surface area contributed by atoms with Gasteiger partial charge in [0.25, 0.3) is 0 Å². The van der Waals surface area contributed by atoms with Gasteiger partial charge in [0.05, 0.1) is 0 Å². The van der Waals surface area contributed by atoms with Crippen LogP contribution in [0.3, 0.4) is 0 Å². The number of hydrogen-bond acceptors (Lipinski definition) is 3. The minimum absolute atomic E-state index is 0.190. The lowest BCUT2D eigenvalue weighted by molar-refractivity contribution is 0.0558. The van der Waals surface area contributed by atoms with Crippen LogP contribution < -0.4 is 0 Å². The van der Waals surface area contributed by atoms with E-state index in [1.807, 2.05) is 0 Å². The number of Topliss-reactive ketones (excluding diaryl/α,β-unsaturated/α-hetero) is 1. The molecule has 0 atom stereocenters. The summed E-state index contributed by atoms with van der Waals surface area (Å²) in [5.74, 6) is -0.616. The molecule has 1 aromatic heterocycles. The molecule has 0 radical (unpaired) electrons. The van der Waals surface area contributed by atoms with Crippen LogP contribution in [-0.4, -0.2) is 20.5 Å². The predicted octanol–water partition coefficient (Wildman–Crippen LogP) is 0.876. The third-order valence-corrected chi connectivity index (χ3v) is 1.02. The fourth-order valence-electron chi connectivity index (χ4n) is 0.530. The summed E-state index contributed by atoms with van der Waals surface area (Å²) in [5, 5.41) is 3.22. The maximum atomic E-state index is 11.8. The number of hydrogen-bond donors (Lipinski definition) is 0. The lowest BCUT2D eigenvalue weighted by Gasteiger charge is -1.93. The van der Waals surface area contributed by atoms with Gasteiger partial charge in [0, 0.05) is 6.92 Å².